The molecule has 1 aliphatic rings. The van der Waals surface area contributed by atoms with Crippen LogP contribution >= 0.6 is 0 Å². The fourth-order valence-electron chi connectivity index (χ4n) is 2.19. The maximum absolute atomic E-state index is 8.55. The van der Waals surface area contributed by atoms with Gasteiger partial charge in [-0.3, -0.25) is 0 Å². The van der Waals surface area contributed by atoms with Crippen LogP contribution in [0.5, 0.6) is 0 Å². The summed E-state index contributed by atoms with van der Waals surface area (Å²) in [4.78, 5) is 0. The maximum Gasteiger partial charge on any atom is 0.0621 e. The van der Waals surface area contributed by atoms with Gasteiger partial charge in [0.15, 0.2) is 0 Å². The summed E-state index contributed by atoms with van der Waals surface area (Å²) < 4.78 is 6.00. The van der Waals surface area contributed by atoms with Crippen LogP contribution in [-0.4, -0.2) is 11.7 Å². The topological polar surface area (TPSA) is 33.0 Å². The summed E-state index contributed by atoms with van der Waals surface area (Å²) in [6, 6.07) is 2.22. The summed E-state index contributed by atoms with van der Waals surface area (Å²) in [5.74, 6) is 0.619. The Labute approximate surface area is 87.3 Å². The molecule has 0 saturated heterocycles. The van der Waals surface area contributed by atoms with Crippen molar-refractivity contribution in [2.45, 2.75) is 64.6 Å². The Morgan fingerprint density at radius 1 is 1.36 bits per heavy atom. The third kappa shape index (κ3) is 3.67. The van der Waals surface area contributed by atoms with Crippen molar-refractivity contribution < 1.29 is 4.74 Å². The molecule has 0 aliphatic heterocycles. The summed E-state index contributed by atoms with van der Waals surface area (Å²) >= 11 is 0. The molecule has 2 heteroatoms. The van der Waals surface area contributed by atoms with E-state index in [1.54, 1.807) is 0 Å². The summed E-state index contributed by atoms with van der Waals surface area (Å²) in [6.07, 6.45) is 5.75. The molecule has 2 nitrogen and oxygen atoms in total. The second kappa shape index (κ2) is 4.79. The predicted molar refractivity (Wildman–Crippen MR) is 56.8 cm³/mol. The van der Waals surface area contributed by atoms with Crippen molar-refractivity contribution in [1.29, 1.82) is 5.26 Å². The lowest BCUT2D eigenvalue weighted by Crippen LogP contribution is -2.29. The van der Waals surface area contributed by atoms with Gasteiger partial charge in [0.05, 0.1) is 17.8 Å². The number of hydrogen-bond donors (Lipinski definition) is 0. The van der Waals surface area contributed by atoms with E-state index in [-0.39, 0.29) is 5.60 Å². The highest BCUT2D eigenvalue weighted by Crippen LogP contribution is 2.33. The molecule has 0 amide bonds. The zero-order chi connectivity index (χ0) is 10.6. The van der Waals surface area contributed by atoms with Crippen LogP contribution in [-0.2, 0) is 4.74 Å². The van der Waals surface area contributed by atoms with E-state index in [0.717, 1.165) is 6.42 Å². The molecule has 0 aromatic heterocycles. The van der Waals surface area contributed by atoms with E-state index >= 15 is 0 Å². The van der Waals surface area contributed by atoms with Gasteiger partial charge in [-0.2, -0.15) is 5.26 Å². The van der Waals surface area contributed by atoms with Gasteiger partial charge in [0.1, 0.15) is 0 Å². The molecular weight excluding hydrogens is 174 g/mol. The van der Waals surface area contributed by atoms with Gasteiger partial charge in [-0.1, -0.05) is 6.42 Å². The lowest BCUT2D eigenvalue weighted by atomic mass is 9.99. The molecule has 0 radical (unpaired) electrons. The molecule has 0 heterocycles. The van der Waals surface area contributed by atoms with E-state index in [2.05, 4.69) is 26.8 Å². The van der Waals surface area contributed by atoms with Gasteiger partial charge in [0.2, 0.25) is 0 Å². The minimum atomic E-state index is -0.0418. The van der Waals surface area contributed by atoms with Crippen LogP contribution in [0.15, 0.2) is 0 Å². The van der Waals surface area contributed by atoms with Crippen LogP contribution < -0.4 is 0 Å². The molecule has 1 rings (SSSR count). The Hall–Kier alpha value is -0.550. The molecule has 0 bridgehead atoms. The van der Waals surface area contributed by atoms with Crippen LogP contribution in [0.4, 0.5) is 0 Å². The second-order valence-electron chi connectivity index (χ2n) is 5.16. The Morgan fingerprint density at radius 3 is 2.64 bits per heavy atom. The Balaban J connectivity index is 2.40. The number of nitrogens with zero attached hydrogens (tertiary/aromatic N) is 1. The van der Waals surface area contributed by atoms with Crippen LogP contribution in [0, 0.1) is 17.2 Å². The minimum absolute atomic E-state index is 0.0418. The highest BCUT2D eigenvalue weighted by molar-refractivity contribution is 4.83. The fourth-order valence-corrected chi connectivity index (χ4v) is 2.19. The zero-order valence-corrected chi connectivity index (χ0v) is 9.55. The third-order valence-electron chi connectivity index (χ3n) is 2.72. The van der Waals surface area contributed by atoms with Crippen LogP contribution in [0.1, 0.15) is 52.9 Å². The van der Waals surface area contributed by atoms with E-state index < -0.39 is 0 Å². The minimum Gasteiger partial charge on any atom is -0.372 e. The standard InChI is InChI=1S/C12H21NO/c1-12(2,3)14-11-8-4-6-10(11)7-5-9-13/h10-11H,4-8H2,1-3H3. The molecule has 2 atom stereocenters. The van der Waals surface area contributed by atoms with Gasteiger partial charge in [-0.05, 0) is 46.0 Å². The van der Waals surface area contributed by atoms with Gasteiger partial charge in [-0.15, -0.1) is 0 Å². The molecule has 0 N–H and O–H groups in total. The van der Waals surface area contributed by atoms with Crippen molar-refractivity contribution in [3.63, 3.8) is 0 Å². The highest BCUT2D eigenvalue weighted by Gasteiger charge is 2.30. The normalized spacial score (nSPS) is 27.6. The van der Waals surface area contributed by atoms with E-state index in [0.29, 0.717) is 18.4 Å². The van der Waals surface area contributed by atoms with E-state index in [4.69, 9.17) is 10.00 Å². The molecular formula is C12H21NO. The summed E-state index contributed by atoms with van der Waals surface area (Å²) in [6.45, 7) is 6.31. The average molecular weight is 195 g/mol. The highest BCUT2D eigenvalue weighted by atomic mass is 16.5. The monoisotopic (exact) mass is 195 g/mol. The SMILES string of the molecule is CC(C)(C)OC1CCCC1CCC#N. The molecule has 1 saturated carbocycles. The van der Waals surface area contributed by atoms with E-state index in [1.807, 2.05) is 0 Å². The first-order chi connectivity index (χ1) is 6.53. The Morgan fingerprint density at radius 2 is 2.07 bits per heavy atom. The van der Waals surface area contributed by atoms with Crippen molar-refractivity contribution in [1.82, 2.24) is 0 Å². The number of nitriles is 1. The van der Waals surface area contributed by atoms with Gasteiger partial charge in [0, 0.05) is 6.42 Å². The maximum atomic E-state index is 8.55. The smallest absolute Gasteiger partial charge is 0.0621 e. The lowest BCUT2D eigenvalue weighted by Gasteiger charge is -2.28. The first-order valence-corrected chi connectivity index (χ1v) is 5.58. The predicted octanol–water partition coefficient (Wildman–Crippen LogP) is 3.27. The Kier molecular flexibility index (Phi) is 3.95. The average Bonchev–Trinajstić information content (AvgIpc) is 2.45. The van der Waals surface area contributed by atoms with E-state index in [1.165, 1.54) is 19.3 Å². The van der Waals surface area contributed by atoms with Crippen molar-refractivity contribution in [2.75, 3.05) is 0 Å². The fraction of sp³-hybridized carbons (Fsp3) is 0.917. The Bertz CT molecular complexity index is 211. The third-order valence-corrected chi connectivity index (χ3v) is 2.72. The van der Waals surface area contributed by atoms with Crippen LogP contribution in [0.3, 0.4) is 0 Å². The number of hydrogen-bond acceptors (Lipinski definition) is 2. The van der Waals surface area contributed by atoms with E-state index in [9.17, 15) is 0 Å². The number of ether oxygens (including phenoxy) is 1. The molecule has 1 fully saturated rings. The van der Waals surface area contributed by atoms with Crippen molar-refractivity contribution in [3.05, 3.63) is 0 Å². The van der Waals surface area contributed by atoms with Gasteiger partial charge >= 0.3 is 0 Å². The largest absolute Gasteiger partial charge is 0.372 e. The van der Waals surface area contributed by atoms with Gasteiger partial charge < -0.3 is 4.74 Å². The first kappa shape index (κ1) is 11.5. The van der Waals surface area contributed by atoms with Crippen molar-refractivity contribution in [3.8, 4) is 6.07 Å². The molecule has 0 spiro atoms. The molecule has 0 aromatic rings. The number of rotatable bonds is 3. The van der Waals surface area contributed by atoms with Gasteiger partial charge in [0.25, 0.3) is 0 Å². The zero-order valence-electron chi connectivity index (χ0n) is 9.55. The van der Waals surface area contributed by atoms with Crippen LogP contribution in [0.25, 0.3) is 0 Å². The molecule has 1 aliphatic carbocycles. The second-order valence-corrected chi connectivity index (χ2v) is 5.16. The summed E-state index contributed by atoms with van der Waals surface area (Å²) in [5, 5.41) is 8.55. The molecule has 0 aromatic carbocycles. The summed E-state index contributed by atoms with van der Waals surface area (Å²) in [7, 11) is 0. The summed E-state index contributed by atoms with van der Waals surface area (Å²) in [5.41, 5.74) is -0.0418. The molecule has 2 unspecified atom stereocenters. The van der Waals surface area contributed by atoms with Crippen molar-refractivity contribution >= 4 is 0 Å². The quantitative estimate of drug-likeness (QED) is 0.692. The van der Waals surface area contributed by atoms with Gasteiger partial charge in [-0.25, -0.2) is 0 Å². The molecule has 80 valence electrons. The van der Waals surface area contributed by atoms with Crippen LogP contribution in [0.2, 0.25) is 0 Å². The molecule has 14 heavy (non-hydrogen) atoms. The first-order valence-electron chi connectivity index (χ1n) is 5.58. The lowest BCUT2D eigenvalue weighted by molar-refractivity contribution is -0.0759. The van der Waals surface area contributed by atoms with Crippen molar-refractivity contribution in [2.24, 2.45) is 5.92 Å².